The highest BCUT2D eigenvalue weighted by Crippen LogP contribution is 2.51. The molecule has 2 aromatic carbocycles. The van der Waals surface area contributed by atoms with Crippen LogP contribution in [0.3, 0.4) is 0 Å². The molecule has 2 aromatic rings. The fourth-order valence-electron chi connectivity index (χ4n) is 4.00. The highest BCUT2D eigenvalue weighted by Gasteiger charge is 2.55. The fourth-order valence-corrected chi connectivity index (χ4v) is 4.00. The number of para-hydroxylation sites is 1. The van der Waals surface area contributed by atoms with E-state index in [4.69, 9.17) is 9.47 Å². The molecule has 1 fully saturated rings. The first-order chi connectivity index (χ1) is 11.7. The molecule has 2 N–H and O–H groups in total. The van der Waals surface area contributed by atoms with Crippen molar-refractivity contribution in [3.63, 3.8) is 0 Å². The van der Waals surface area contributed by atoms with Gasteiger partial charge in [-0.1, -0.05) is 18.2 Å². The molecule has 2 aliphatic heterocycles. The zero-order chi connectivity index (χ0) is 16.7. The number of amides is 1. The molecule has 0 radical (unpaired) electrons. The summed E-state index contributed by atoms with van der Waals surface area (Å²) in [6.45, 7) is 0.784. The van der Waals surface area contributed by atoms with Crippen LogP contribution in [0.15, 0.2) is 42.5 Å². The minimum atomic E-state index is -0.589. The first-order valence-corrected chi connectivity index (χ1v) is 8.06. The largest absolute Gasteiger partial charge is 0.497 e. The van der Waals surface area contributed by atoms with Crippen molar-refractivity contribution in [2.75, 3.05) is 26.1 Å². The van der Waals surface area contributed by atoms with Crippen molar-refractivity contribution in [1.82, 2.24) is 5.32 Å². The third-order valence-electron chi connectivity index (χ3n) is 5.13. The highest BCUT2D eigenvalue weighted by atomic mass is 16.5. The van der Waals surface area contributed by atoms with Gasteiger partial charge in [-0.05, 0) is 42.3 Å². The Balaban J connectivity index is 1.86. The predicted octanol–water partition coefficient (Wildman–Crippen LogP) is 2.63. The van der Waals surface area contributed by atoms with Crippen LogP contribution in [0.1, 0.15) is 23.6 Å². The van der Waals surface area contributed by atoms with Gasteiger partial charge in [-0.3, -0.25) is 4.79 Å². The van der Waals surface area contributed by atoms with Gasteiger partial charge in [0.05, 0.1) is 25.7 Å². The Hall–Kier alpha value is -2.53. The van der Waals surface area contributed by atoms with E-state index in [-0.39, 0.29) is 11.9 Å². The van der Waals surface area contributed by atoms with Crippen molar-refractivity contribution in [3.05, 3.63) is 53.6 Å². The van der Waals surface area contributed by atoms with Gasteiger partial charge in [-0.2, -0.15) is 0 Å². The van der Waals surface area contributed by atoms with Crippen LogP contribution in [0.4, 0.5) is 5.69 Å². The standard InChI is InChI=1S/C19H20N2O3/c1-23-13-9-12(10-14(11-13)24-2)17-19(7-8-20-17)15-5-3-4-6-16(15)21-18(19)22/h3-6,9-11,17,20H,7-8H2,1-2H3,(H,21,22)/t17-,19+/m0/s1. The number of carbonyl (C=O) groups is 1. The molecule has 1 amide bonds. The Morgan fingerprint density at radius 3 is 2.50 bits per heavy atom. The van der Waals surface area contributed by atoms with Crippen molar-refractivity contribution in [2.45, 2.75) is 17.9 Å². The molecule has 2 atom stereocenters. The Morgan fingerprint density at radius 1 is 1.08 bits per heavy atom. The van der Waals surface area contributed by atoms with Crippen LogP contribution in [0, 0.1) is 0 Å². The van der Waals surface area contributed by atoms with Crippen molar-refractivity contribution >= 4 is 11.6 Å². The van der Waals surface area contributed by atoms with Crippen molar-refractivity contribution in [2.24, 2.45) is 0 Å². The first kappa shape index (κ1) is 15.0. The van der Waals surface area contributed by atoms with E-state index in [0.29, 0.717) is 0 Å². The number of rotatable bonds is 3. The van der Waals surface area contributed by atoms with Crippen LogP contribution >= 0.6 is 0 Å². The average molecular weight is 324 g/mol. The molecule has 2 aliphatic rings. The van der Waals surface area contributed by atoms with Gasteiger partial charge in [0, 0.05) is 11.8 Å². The van der Waals surface area contributed by atoms with E-state index >= 15 is 0 Å². The van der Waals surface area contributed by atoms with Crippen LogP contribution in [0.2, 0.25) is 0 Å². The number of nitrogens with one attached hydrogen (secondary N) is 2. The number of hydrogen-bond acceptors (Lipinski definition) is 4. The second kappa shape index (κ2) is 5.53. The first-order valence-electron chi connectivity index (χ1n) is 8.06. The SMILES string of the molecule is COc1cc(OC)cc([C@@H]2NCC[C@]23C(=O)Nc2ccccc23)c1. The topological polar surface area (TPSA) is 59.6 Å². The Kier molecular flexibility index (Phi) is 3.46. The molecule has 124 valence electrons. The molecular weight excluding hydrogens is 304 g/mol. The maximum absolute atomic E-state index is 12.9. The van der Waals surface area contributed by atoms with E-state index in [1.807, 2.05) is 42.5 Å². The summed E-state index contributed by atoms with van der Waals surface area (Å²) in [5, 5.41) is 6.55. The van der Waals surface area contributed by atoms with E-state index in [1.165, 1.54) is 0 Å². The van der Waals surface area contributed by atoms with Crippen LogP contribution in [0.5, 0.6) is 11.5 Å². The van der Waals surface area contributed by atoms with Crippen molar-refractivity contribution < 1.29 is 14.3 Å². The number of fused-ring (bicyclic) bond motifs is 2. The minimum Gasteiger partial charge on any atom is -0.497 e. The van der Waals surface area contributed by atoms with Gasteiger partial charge in [-0.25, -0.2) is 0 Å². The number of anilines is 1. The minimum absolute atomic E-state index is 0.0560. The molecule has 1 spiro atoms. The maximum atomic E-state index is 12.9. The average Bonchev–Trinajstić information content (AvgIpc) is 3.18. The van der Waals surface area contributed by atoms with Gasteiger partial charge in [0.25, 0.3) is 0 Å². The molecular formula is C19H20N2O3. The summed E-state index contributed by atoms with van der Waals surface area (Å²) in [4.78, 5) is 12.9. The van der Waals surface area contributed by atoms with E-state index in [1.54, 1.807) is 14.2 Å². The molecule has 24 heavy (non-hydrogen) atoms. The van der Waals surface area contributed by atoms with Gasteiger partial charge in [0.2, 0.25) is 5.91 Å². The number of methoxy groups -OCH3 is 2. The fraction of sp³-hybridized carbons (Fsp3) is 0.316. The van der Waals surface area contributed by atoms with Gasteiger partial charge in [0.1, 0.15) is 11.5 Å². The normalized spacial score (nSPS) is 24.8. The monoisotopic (exact) mass is 324 g/mol. The second-order valence-electron chi connectivity index (χ2n) is 6.25. The molecule has 0 saturated carbocycles. The van der Waals surface area contributed by atoms with Crippen LogP contribution in [-0.2, 0) is 10.2 Å². The molecule has 0 unspecified atom stereocenters. The number of carbonyl (C=O) groups excluding carboxylic acids is 1. The van der Waals surface area contributed by atoms with E-state index in [9.17, 15) is 4.79 Å². The lowest BCUT2D eigenvalue weighted by atomic mass is 9.73. The smallest absolute Gasteiger partial charge is 0.237 e. The summed E-state index contributed by atoms with van der Waals surface area (Å²) in [6.07, 6.45) is 0.764. The summed E-state index contributed by atoms with van der Waals surface area (Å²) in [5.41, 5.74) is 2.38. The number of hydrogen-bond donors (Lipinski definition) is 2. The summed E-state index contributed by atoms with van der Waals surface area (Å²) in [6, 6.07) is 13.6. The molecule has 0 aliphatic carbocycles. The molecule has 1 saturated heterocycles. The molecule has 5 heteroatoms. The third-order valence-corrected chi connectivity index (χ3v) is 5.13. The highest BCUT2D eigenvalue weighted by molar-refractivity contribution is 6.07. The van der Waals surface area contributed by atoms with Crippen molar-refractivity contribution in [3.8, 4) is 11.5 Å². The van der Waals surface area contributed by atoms with E-state index in [2.05, 4.69) is 10.6 Å². The second-order valence-corrected chi connectivity index (χ2v) is 6.25. The molecule has 2 heterocycles. The Bertz CT molecular complexity index is 783. The molecule has 0 bridgehead atoms. The van der Waals surface area contributed by atoms with Crippen molar-refractivity contribution in [1.29, 1.82) is 0 Å². The van der Waals surface area contributed by atoms with Gasteiger partial charge < -0.3 is 20.1 Å². The summed E-state index contributed by atoms with van der Waals surface area (Å²) >= 11 is 0. The summed E-state index contributed by atoms with van der Waals surface area (Å²) in [7, 11) is 3.27. The summed E-state index contributed by atoms with van der Waals surface area (Å²) in [5.74, 6) is 1.50. The molecule has 5 nitrogen and oxygen atoms in total. The zero-order valence-corrected chi connectivity index (χ0v) is 13.8. The quantitative estimate of drug-likeness (QED) is 0.911. The van der Waals surface area contributed by atoms with Crippen LogP contribution in [0.25, 0.3) is 0 Å². The van der Waals surface area contributed by atoms with Crippen LogP contribution in [-0.4, -0.2) is 26.7 Å². The number of ether oxygens (including phenoxy) is 2. The van der Waals surface area contributed by atoms with Crippen LogP contribution < -0.4 is 20.1 Å². The Labute approximate surface area is 141 Å². The number of benzene rings is 2. The van der Waals surface area contributed by atoms with Gasteiger partial charge in [0.15, 0.2) is 0 Å². The maximum Gasteiger partial charge on any atom is 0.237 e. The van der Waals surface area contributed by atoms with E-state index in [0.717, 1.165) is 41.3 Å². The molecule has 4 rings (SSSR count). The van der Waals surface area contributed by atoms with Gasteiger partial charge in [-0.15, -0.1) is 0 Å². The lowest BCUT2D eigenvalue weighted by Gasteiger charge is -2.30. The lowest BCUT2D eigenvalue weighted by molar-refractivity contribution is -0.121. The molecule has 0 aromatic heterocycles. The zero-order valence-electron chi connectivity index (χ0n) is 13.8. The Morgan fingerprint density at radius 2 is 1.79 bits per heavy atom. The summed E-state index contributed by atoms with van der Waals surface area (Å²) < 4.78 is 10.8. The van der Waals surface area contributed by atoms with E-state index < -0.39 is 5.41 Å². The van der Waals surface area contributed by atoms with Gasteiger partial charge >= 0.3 is 0 Å². The predicted molar refractivity (Wildman–Crippen MR) is 91.7 cm³/mol. The lowest BCUT2D eigenvalue weighted by Crippen LogP contribution is -2.39. The third kappa shape index (κ3) is 2.01.